The van der Waals surface area contributed by atoms with Crippen molar-refractivity contribution in [2.24, 2.45) is 0 Å². The maximum atomic E-state index is 12.1. The van der Waals surface area contributed by atoms with Crippen LogP contribution >= 0.6 is 0 Å². The molecule has 0 saturated carbocycles. The zero-order chi connectivity index (χ0) is 16.7. The van der Waals surface area contributed by atoms with E-state index in [9.17, 15) is 22.8 Å². The minimum atomic E-state index is -4.82. The summed E-state index contributed by atoms with van der Waals surface area (Å²) in [6.07, 6.45) is 0.596. The van der Waals surface area contributed by atoms with Gasteiger partial charge < -0.3 is 4.90 Å². The van der Waals surface area contributed by atoms with E-state index in [2.05, 4.69) is 9.71 Å². The number of carbonyl (C=O) groups excluding carboxylic acids is 3. The van der Waals surface area contributed by atoms with Crippen LogP contribution in [0.3, 0.4) is 0 Å². The zero-order valence-electron chi connectivity index (χ0n) is 12.9. The fourth-order valence-electron chi connectivity index (χ4n) is 2.42. The molecule has 13 heteroatoms. The summed E-state index contributed by atoms with van der Waals surface area (Å²) in [5, 5.41) is 1.54. The molecule has 2 rings (SSSR count). The molecule has 23 heavy (non-hydrogen) atoms. The third-order valence-corrected chi connectivity index (χ3v) is 3.90. The van der Waals surface area contributed by atoms with E-state index in [0.29, 0.717) is 11.5 Å². The molecule has 2 fully saturated rings. The van der Waals surface area contributed by atoms with E-state index in [0.717, 1.165) is 9.91 Å². The van der Waals surface area contributed by atoms with Crippen molar-refractivity contribution in [1.29, 1.82) is 0 Å². The van der Waals surface area contributed by atoms with Crippen molar-refractivity contribution in [3.63, 3.8) is 0 Å². The molecular formula is C10H16N4NaO7S. The minimum absolute atomic E-state index is 0. The van der Waals surface area contributed by atoms with Gasteiger partial charge in [-0.3, -0.25) is 24.6 Å². The van der Waals surface area contributed by atoms with Gasteiger partial charge in [0.2, 0.25) is 5.91 Å². The molecule has 0 spiro atoms. The van der Waals surface area contributed by atoms with Gasteiger partial charge in [-0.25, -0.2) is 4.79 Å². The fraction of sp³-hybridized carbons (Fsp3) is 0.700. The molecule has 0 aromatic heterocycles. The summed E-state index contributed by atoms with van der Waals surface area (Å²) in [7, 11) is -3.46. The second-order valence-corrected chi connectivity index (χ2v) is 6.07. The van der Waals surface area contributed by atoms with Gasteiger partial charge in [-0.15, -0.1) is 4.28 Å². The number of piperidine rings is 1. The number of hydrazine groups is 1. The molecule has 2 heterocycles. The molecule has 2 atom stereocenters. The van der Waals surface area contributed by atoms with E-state index >= 15 is 0 Å². The Morgan fingerprint density at radius 1 is 1.39 bits per heavy atom. The van der Waals surface area contributed by atoms with E-state index in [1.54, 1.807) is 0 Å². The number of hydrogen-bond acceptors (Lipinski definition) is 6. The van der Waals surface area contributed by atoms with Gasteiger partial charge in [0.05, 0.1) is 6.04 Å². The molecule has 0 unspecified atom stereocenters. The molecule has 2 aliphatic rings. The van der Waals surface area contributed by atoms with Crippen molar-refractivity contribution in [3.05, 3.63) is 0 Å². The number of amides is 4. The third kappa shape index (κ3) is 4.55. The van der Waals surface area contributed by atoms with E-state index < -0.39 is 34.4 Å². The Kier molecular flexibility index (Phi) is 6.40. The van der Waals surface area contributed by atoms with Crippen molar-refractivity contribution in [2.45, 2.75) is 31.8 Å². The number of nitrogens with zero attached hydrogens (tertiary/aromatic N) is 3. The molecule has 2 bridgehead atoms. The number of hydrogen-bond donors (Lipinski definition) is 2. The Hall–Kier alpha value is -0.920. The zero-order valence-corrected chi connectivity index (χ0v) is 15.7. The van der Waals surface area contributed by atoms with Gasteiger partial charge >= 0.3 is 16.4 Å². The molecule has 11 nitrogen and oxygen atoms in total. The predicted molar refractivity (Wildman–Crippen MR) is 75.7 cm³/mol. The van der Waals surface area contributed by atoms with Crippen LogP contribution in [-0.4, -0.2) is 101 Å². The number of urea groups is 1. The van der Waals surface area contributed by atoms with Gasteiger partial charge in [-0.05, 0) is 12.8 Å². The molecule has 2 N–H and O–H groups in total. The average molecular weight is 359 g/mol. The van der Waals surface area contributed by atoms with E-state index in [4.69, 9.17) is 4.55 Å². The molecule has 2 aliphatic heterocycles. The molecule has 1 radical (unpaired) electrons. The first-order valence-corrected chi connectivity index (χ1v) is 7.78. The van der Waals surface area contributed by atoms with Gasteiger partial charge in [0, 0.05) is 50.1 Å². The smallest absolute Gasteiger partial charge is 0.309 e. The SMILES string of the molecule is CC(=O)N(C)NC(=O)[C@@H]1CC[C@@H]2CN1C(=O)N2OS(=O)(=O)O.[Na]. The fourth-order valence-corrected chi connectivity index (χ4v) is 2.81. The molecule has 2 saturated heterocycles. The Balaban J connectivity index is 0.00000264. The van der Waals surface area contributed by atoms with E-state index in [-0.39, 0.29) is 48.4 Å². The topological polar surface area (TPSA) is 137 Å². The molecule has 125 valence electrons. The molecule has 0 aliphatic carbocycles. The first-order chi connectivity index (χ1) is 10.1. The van der Waals surface area contributed by atoms with Crippen LogP contribution in [-0.2, 0) is 24.3 Å². The van der Waals surface area contributed by atoms with Gasteiger partial charge in [-0.2, -0.15) is 13.5 Å². The molecular weight excluding hydrogens is 343 g/mol. The number of rotatable bonds is 3. The van der Waals surface area contributed by atoms with Crippen LogP contribution in [0.15, 0.2) is 0 Å². The Bertz CT molecular complexity index is 612. The summed E-state index contributed by atoms with van der Waals surface area (Å²) in [6.45, 7) is 1.36. The van der Waals surface area contributed by atoms with Gasteiger partial charge in [0.15, 0.2) is 0 Å². The number of hydroxylamine groups is 2. The number of fused-ring (bicyclic) bond motifs is 2. The largest absolute Gasteiger partial charge is 0.418 e. The van der Waals surface area contributed by atoms with Crippen molar-refractivity contribution in [1.82, 2.24) is 20.4 Å². The molecule has 0 aromatic rings. The third-order valence-electron chi connectivity index (χ3n) is 3.55. The Morgan fingerprint density at radius 3 is 2.52 bits per heavy atom. The minimum Gasteiger partial charge on any atom is -0.309 e. The van der Waals surface area contributed by atoms with Crippen LogP contribution < -0.4 is 5.43 Å². The molecule has 0 aromatic carbocycles. The van der Waals surface area contributed by atoms with Gasteiger partial charge in [0.1, 0.15) is 6.04 Å². The summed E-state index contributed by atoms with van der Waals surface area (Å²) in [5.74, 6) is -0.940. The second-order valence-electron chi connectivity index (χ2n) is 5.06. The average Bonchev–Trinajstić information content (AvgIpc) is 2.62. The maximum Gasteiger partial charge on any atom is 0.418 e. The van der Waals surface area contributed by atoms with Crippen LogP contribution in [0.1, 0.15) is 19.8 Å². The summed E-state index contributed by atoms with van der Waals surface area (Å²) < 4.78 is 34.4. The van der Waals surface area contributed by atoms with Crippen LogP contribution in [0.4, 0.5) is 4.79 Å². The van der Waals surface area contributed by atoms with Gasteiger partial charge in [0.25, 0.3) is 5.91 Å². The van der Waals surface area contributed by atoms with Crippen molar-refractivity contribution < 1.29 is 31.6 Å². The van der Waals surface area contributed by atoms with E-state index in [1.165, 1.54) is 14.0 Å². The predicted octanol–water partition coefficient (Wildman–Crippen LogP) is -1.88. The number of carbonyl (C=O) groups is 3. The normalized spacial score (nSPS) is 23.3. The van der Waals surface area contributed by atoms with Gasteiger partial charge in [-0.1, -0.05) is 0 Å². The monoisotopic (exact) mass is 359 g/mol. The molecule has 4 amide bonds. The van der Waals surface area contributed by atoms with Crippen LogP contribution in [0.5, 0.6) is 0 Å². The first-order valence-electron chi connectivity index (χ1n) is 6.42. The van der Waals surface area contributed by atoms with Crippen LogP contribution in [0, 0.1) is 0 Å². The van der Waals surface area contributed by atoms with E-state index in [1.807, 2.05) is 0 Å². The number of nitrogens with one attached hydrogen (secondary N) is 1. The summed E-state index contributed by atoms with van der Waals surface area (Å²) in [5.41, 5.74) is 2.34. The quantitative estimate of drug-likeness (QED) is 0.342. The van der Waals surface area contributed by atoms with Crippen LogP contribution in [0.25, 0.3) is 0 Å². The van der Waals surface area contributed by atoms with Crippen molar-refractivity contribution >= 4 is 57.8 Å². The standard InChI is InChI=1S/C10H16N4O7S.Na/c1-6(15)12(2)11-9(16)8-4-3-7-5-13(8)10(17)14(7)21-22(18,19)20;/h7-8H,3-5H2,1-2H3,(H,11,16)(H,18,19,20);/t7-,8+;/m1./s1. The summed E-state index contributed by atoms with van der Waals surface area (Å²) >= 11 is 0. The van der Waals surface area contributed by atoms with Crippen molar-refractivity contribution in [2.75, 3.05) is 13.6 Å². The second kappa shape index (κ2) is 7.32. The maximum absolute atomic E-state index is 12.1. The summed E-state index contributed by atoms with van der Waals surface area (Å²) in [6, 6.07) is -2.24. The summed E-state index contributed by atoms with van der Waals surface area (Å²) in [4.78, 5) is 36.4. The first kappa shape index (κ1) is 20.1. The Labute approximate surface area is 155 Å². The Morgan fingerprint density at radius 2 is 2.00 bits per heavy atom. The van der Waals surface area contributed by atoms with Crippen LogP contribution in [0.2, 0.25) is 0 Å². The van der Waals surface area contributed by atoms with Crippen molar-refractivity contribution in [3.8, 4) is 0 Å².